The van der Waals surface area contributed by atoms with Crippen LogP contribution in [-0.2, 0) is 9.09 Å². The molecular formula is C8H12F7O4P. The molecule has 2 atom stereocenters. The second-order valence-corrected chi connectivity index (χ2v) is 5.07. The fourth-order valence-corrected chi connectivity index (χ4v) is 1.84. The Morgan fingerprint density at radius 2 is 1.55 bits per heavy atom. The zero-order valence-electron chi connectivity index (χ0n) is 9.95. The summed E-state index contributed by atoms with van der Waals surface area (Å²) in [5.74, 6) is -11.6. The van der Waals surface area contributed by atoms with Gasteiger partial charge in [0.15, 0.2) is 6.17 Å². The first-order valence-corrected chi connectivity index (χ1v) is 6.70. The molecule has 0 fully saturated rings. The second kappa shape index (κ2) is 6.59. The van der Waals surface area contributed by atoms with E-state index in [-0.39, 0.29) is 0 Å². The van der Waals surface area contributed by atoms with Crippen molar-refractivity contribution < 1.29 is 49.6 Å². The molecule has 12 heteroatoms. The zero-order valence-corrected chi connectivity index (χ0v) is 10.8. The molecule has 0 saturated heterocycles. The van der Waals surface area contributed by atoms with E-state index in [1.54, 1.807) is 0 Å². The Hall–Kier alpha value is -0.380. The molecule has 0 aliphatic heterocycles. The molecule has 4 nitrogen and oxygen atoms in total. The summed E-state index contributed by atoms with van der Waals surface area (Å²) in [7, 11) is -5.15. The molecule has 0 aliphatic rings. The van der Waals surface area contributed by atoms with Gasteiger partial charge in [0.1, 0.15) is 0 Å². The van der Waals surface area contributed by atoms with Crippen molar-refractivity contribution in [3.05, 3.63) is 0 Å². The number of hydrogen-bond acceptors (Lipinski definition) is 2. The van der Waals surface area contributed by atoms with Crippen LogP contribution in [-0.4, -0.2) is 40.3 Å². The van der Waals surface area contributed by atoms with E-state index in [0.717, 1.165) is 6.92 Å². The lowest BCUT2D eigenvalue weighted by Crippen LogP contribution is -2.53. The third kappa shape index (κ3) is 4.87. The lowest BCUT2D eigenvalue weighted by molar-refractivity contribution is -0.287. The topological polar surface area (TPSA) is 66.8 Å². The van der Waals surface area contributed by atoms with Crippen molar-refractivity contribution >= 4 is 7.82 Å². The van der Waals surface area contributed by atoms with Gasteiger partial charge in [-0.2, -0.15) is 17.6 Å². The number of phosphoric ester groups is 1. The highest BCUT2D eigenvalue weighted by Gasteiger charge is 2.67. The molecule has 0 rings (SSSR count). The molecule has 2 N–H and O–H groups in total. The molecule has 0 aliphatic carbocycles. The van der Waals surface area contributed by atoms with Crippen LogP contribution >= 0.6 is 7.82 Å². The highest BCUT2D eigenvalue weighted by atomic mass is 31.2. The van der Waals surface area contributed by atoms with Gasteiger partial charge >= 0.3 is 26.1 Å². The standard InChI is InChI=1S/C8H12F7O4P/c1-2-4(19-20(16,17)18)3-5(9)7(12,13)8(14,15)6(10)11/h4-6H,2-3H2,1H3,(H2,16,17,18). The number of rotatable bonds is 8. The van der Waals surface area contributed by atoms with Gasteiger partial charge in [-0.15, -0.1) is 0 Å². The molecule has 0 saturated carbocycles. The van der Waals surface area contributed by atoms with Crippen LogP contribution in [0.2, 0.25) is 0 Å². The van der Waals surface area contributed by atoms with Crippen LogP contribution in [0.25, 0.3) is 0 Å². The van der Waals surface area contributed by atoms with Crippen molar-refractivity contribution in [1.29, 1.82) is 0 Å². The van der Waals surface area contributed by atoms with Crippen molar-refractivity contribution in [2.24, 2.45) is 0 Å². The third-order valence-electron chi connectivity index (χ3n) is 2.32. The van der Waals surface area contributed by atoms with Gasteiger partial charge in [-0.1, -0.05) is 6.92 Å². The molecule has 0 aromatic rings. The highest BCUT2D eigenvalue weighted by molar-refractivity contribution is 7.46. The first kappa shape index (κ1) is 19.6. The summed E-state index contributed by atoms with van der Waals surface area (Å²) in [4.78, 5) is 16.8. The van der Waals surface area contributed by atoms with Crippen molar-refractivity contribution in [2.75, 3.05) is 0 Å². The molecule has 0 heterocycles. The number of alkyl halides is 7. The van der Waals surface area contributed by atoms with E-state index in [1.807, 2.05) is 0 Å². The molecule has 0 spiro atoms. The zero-order chi connectivity index (χ0) is 16.4. The van der Waals surface area contributed by atoms with Crippen LogP contribution in [0.15, 0.2) is 0 Å². The van der Waals surface area contributed by atoms with E-state index in [1.165, 1.54) is 0 Å². The van der Waals surface area contributed by atoms with Crippen molar-refractivity contribution in [2.45, 2.75) is 50.3 Å². The van der Waals surface area contributed by atoms with Crippen LogP contribution in [0.1, 0.15) is 19.8 Å². The molecule has 0 radical (unpaired) electrons. The van der Waals surface area contributed by atoms with Crippen LogP contribution < -0.4 is 0 Å². The summed E-state index contributed by atoms with van der Waals surface area (Å²) in [5, 5.41) is 0. The van der Waals surface area contributed by atoms with Gasteiger partial charge in [0.05, 0.1) is 6.10 Å². The Morgan fingerprint density at radius 3 is 1.85 bits per heavy atom. The quantitative estimate of drug-likeness (QED) is 0.528. The van der Waals surface area contributed by atoms with Crippen LogP contribution in [0.4, 0.5) is 30.7 Å². The molecular weight excluding hydrogens is 324 g/mol. The van der Waals surface area contributed by atoms with Crippen LogP contribution in [0, 0.1) is 0 Å². The monoisotopic (exact) mass is 336 g/mol. The van der Waals surface area contributed by atoms with E-state index in [2.05, 4.69) is 4.52 Å². The van der Waals surface area contributed by atoms with Crippen molar-refractivity contribution in [3.8, 4) is 0 Å². The van der Waals surface area contributed by atoms with Gasteiger partial charge < -0.3 is 9.79 Å². The average Bonchev–Trinajstić information content (AvgIpc) is 2.25. The Labute approximate surface area is 109 Å². The third-order valence-corrected chi connectivity index (χ3v) is 2.90. The summed E-state index contributed by atoms with van der Waals surface area (Å²) in [6.45, 7) is 1.15. The number of hydrogen-bond donors (Lipinski definition) is 2. The molecule has 122 valence electrons. The summed E-state index contributed by atoms with van der Waals surface area (Å²) in [6, 6.07) is 0. The minimum atomic E-state index is -5.91. The van der Waals surface area contributed by atoms with Gasteiger partial charge in [-0.3, -0.25) is 4.52 Å². The Morgan fingerprint density at radius 1 is 1.10 bits per heavy atom. The molecule has 0 bridgehead atoms. The summed E-state index contributed by atoms with van der Waals surface area (Å²) >= 11 is 0. The largest absolute Gasteiger partial charge is 0.469 e. The minimum absolute atomic E-state index is 0.401. The maximum atomic E-state index is 13.2. The fourth-order valence-electron chi connectivity index (χ4n) is 1.21. The molecule has 2 unspecified atom stereocenters. The maximum absolute atomic E-state index is 13.2. The van der Waals surface area contributed by atoms with E-state index in [9.17, 15) is 35.3 Å². The maximum Gasteiger partial charge on any atom is 0.469 e. The van der Waals surface area contributed by atoms with Gasteiger partial charge in [0.2, 0.25) is 0 Å². The molecule has 0 aromatic carbocycles. The molecule has 0 amide bonds. The SMILES string of the molecule is CCC(CC(F)C(F)(F)C(F)(F)C(F)F)OP(=O)(O)O. The predicted octanol–water partition coefficient (Wildman–Crippen LogP) is 3.14. The van der Waals surface area contributed by atoms with Crippen molar-refractivity contribution in [1.82, 2.24) is 0 Å². The summed E-state index contributed by atoms with van der Waals surface area (Å²) < 4.78 is 102. The normalized spacial score (nSPS) is 17.4. The smallest absolute Gasteiger partial charge is 0.303 e. The molecule has 20 heavy (non-hydrogen) atoms. The lowest BCUT2D eigenvalue weighted by atomic mass is 10.0. The Kier molecular flexibility index (Phi) is 6.46. The number of halogens is 7. The van der Waals surface area contributed by atoms with Gasteiger partial charge in [-0.25, -0.2) is 17.7 Å². The highest BCUT2D eigenvalue weighted by Crippen LogP contribution is 2.45. The van der Waals surface area contributed by atoms with E-state index in [4.69, 9.17) is 9.79 Å². The fraction of sp³-hybridized carbons (Fsp3) is 1.00. The summed E-state index contributed by atoms with van der Waals surface area (Å²) in [5.41, 5.74) is 0. The van der Waals surface area contributed by atoms with E-state index >= 15 is 0 Å². The first-order chi connectivity index (χ1) is 8.75. The van der Waals surface area contributed by atoms with Gasteiger partial charge in [0, 0.05) is 6.42 Å². The Balaban J connectivity index is 4.97. The van der Waals surface area contributed by atoms with E-state index < -0.39 is 51.2 Å². The lowest BCUT2D eigenvalue weighted by Gasteiger charge is -2.30. The van der Waals surface area contributed by atoms with Crippen molar-refractivity contribution in [3.63, 3.8) is 0 Å². The average molecular weight is 336 g/mol. The van der Waals surface area contributed by atoms with Gasteiger partial charge in [0.25, 0.3) is 0 Å². The first-order valence-electron chi connectivity index (χ1n) is 5.17. The Bertz CT molecular complexity index is 359. The minimum Gasteiger partial charge on any atom is -0.303 e. The van der Waals surface area contributed by atoms with E-state index in [0.29, 0.717) is 0 Å². The molecule has 0 aromatic heterocycles. The second-order valence-electron chi connectivity index (χ2n) is 3.88. The van der Waals surface area contributed by atoms with Gasteiger partial charge in [-0.05, 0) is 6.42 Å². The number of phosphoric acid groups is 1. The predicted molar refractivity (Wildman–Crippen MR) is 52.6 cm³/mol. The van der Waals surface area contributed by atoms with Crippen LogP contribution in [0.5, 0.6) is 0 Å². The van der Waals surface area contributed by atoms with Crippen LogP contribution in [0.3, 0.4) is 0 Å². The summed E-state index contributed by atoms with van der Waals surface area (Å²) in [6.07, 6.45) is -12.4.